The van der Waals surface area contributed by atoms with Gasteiger partial charge in [0.2, 0.25) is 0 Å². The highest BCUT2D eigenvalue weighted by atomic mass is 32.1. The van der Waals surface area contributed by atoms with E-state index in [9.17, 15) is 9.59 Å². The van der Waals surface area contributed by atoms with E-state index in [1.165, 1.54) is 18.9 Å². The first-order chi connectivity index (χ1) is 10.1. The van der Waals surface area contributed by atoms with Crippen molar-refractivity contribution >= 4 is 33.4 Å². The Morgan fingerprint density at radius 2 is 1.71 bits per heavy atom. The van der Waals surface area contributed by atoms with E-state index in [0.717, 1.165) is 10.9 Å². The van der Waals surface area contributed by atoms with Crippen molar-refractivity contribution in [3.8, 4) is 0 Å². The molecule has 112 valence electrons. The standard InChI is InChI=1S/C15H17NO4S/c1-19-14(17)8-16(9-15(18)20-2)7-11-10-21-13-6-4-3-5-12(11)13/h3-6,10H,7-9H2,1-2H3. The molecule has 6 heteroatoms. The zero-order valence-corrected chi connectivity index (χ0v) is 12.8. The van der Waals surface area contributed by atoms with E-state index in [1.807, 2.05) is 23.6 Å². The van der Waals surface area contributed by atoms with E-state index in [2.05, 4.69) is 15.5 Å². The molecule has 0 amide bonds. The molecule has 1 aromatic heterocycles. The maximum atomic E-state index is 11.5. The summed E-state index contributed by atoms with van der Waals surface area (Å²) in [4.78, 5) is 24.7. The summed E-state index contributed by atoms with van der Waals surface area (Å²) in [5.74, 6) is -0.753. The van der Waals surface area contributed by atoms with Crippen molar-refractivity contribution in [1.29, 1.82) is 0 Å². The second-order valence-electron chi connectivity index (χ2n) is 4.55. The van der Waals surface area contributed by atoms with Crippen LogP contribution in [0.2, 0.25) is 0 Å². The van der Waals surface area contributed by atoms with Crippen LogP contribution < -0.4 is 0 Å². The molecule has 0 aliphatic rings. The van der Waals surface area contributed by atoms with Gasteiger partial charge in [0, 0.05) is 11.2 Å². The lowest BCUT2D eigenvalue weighted by Crippen LogP contribution is -2.35. The monoisotopic (exact) mass is 307 g/mol. The van der Waals surface area contributed by atoms with Gasteiger partial charge in [0.1, 0.15) is 0 Å². The van der Waals surface area contributed by atoms with Gasteiger partial charge in [-0.25, -0.2) is 0 Å². The minimum Gasteiger partial charge on any atom is -0.468 e. The molecule has 0 bridgehead atoms. The molecule has 0 aliphatic carbocycles. The lowest BCUT2D eigenvalue weighted by molar-refractivity contribution is -0.145. The van der Waals surface area contributed by atoms with Gasteiger partial charge in [-0.2, -0.15) is 0 Å². The maximum absolute atomic E-state index is 11.5. The van der Waals surface area contributed by atoms with Crippen LogP contribution in [0.15, 0.2) is 29.6 Å². The normalized spacial score (nSPS) is 10.8. The van der Waals surface area contributed by atoms with Crippen LogP contribution in [0.5, 0.6) is 0 Å². The number of methoxy groups -OCH3 is 2. The van der Waals surface area contributed by atoms with Crippen LogP contribution in [0, 0.1) is 0 Å². The molecule has 0 aliphatic heterocycles. The smallest absolute Gasteiger partial charge is 0.319 e. The predicted molar refractivity (Wildman–Crippen MR) is 81.1 cm³/mol. The molecule has 2 aromatic rings. The number of fused-ring (bicyclic) bond motifs is 1. The van der Waals surface area contributed by atoms with Crippen molar-refractivity contribution in [2.75, 3.05) is 27.3 Å². The van der Waals surface area contributed by atoms with Crippen LogP contribution in [0.4, 0.5) is 0 Å². The largest absolute Gasteiger partial charge is 0.468 e. The molecular formula is C15H17NO4S. The third-order valence-electron chi connectivity index (χ3n) is 3.12. The summed E-state index contributed by atoms with van der Waals surface area (Å²) in [5, 5.41) is 3.19. The number of hydrogen-bond acceptors (Lipinski definition) is 6. The van der Waals surface area contributed by atoms with Crippen LogP contribution in [0.1, 0.15) is 5.56 Å². The zero-order valence-electron chi connectivity index (χ0n) is 12.0. The first kappa shape index (κ1) is 15.5. The van der Waals surface area contributed by atoms with Gasteiger partial charge in [0.25, 0.3) is 0 Å². The summed E-state index contributed by atoms with van der Waals surface area (Å²) in [6.45, 7) is 0.597. The van der Waals surface area contributed by atoms with Crippen LogP contribution in [0.25, 0.3) is 10.1 Å². The summed E-state index contributed by atoms with van der Waals surface area (Å²) in [6, 6.07) is 8.05. The Balaban J connectivity index is 2.16. The molecule has 0 unspecified atom stereocenters. The molecule has 0 N–H and O–H groups in total. The molecule has 0 saturated carbocycles. The van der Waals surface area contributed by atoms with Crippen LogP contribution >= 0.6 is 11.3 Å². The number of esters is 2. The third kappa shape index (κ3) is 4.03. The van der Waals surface area contributed by atoms with E-state index in [-0.39, 0.29) is 25.0 Å². The number of ether oxygens (including phenoxy) is 2. The van der Waals surface area contributed by atoms with Gasteiger partial charge in [-0.05, 0) is 22.4 Å². The molecule has 5 nitrogen and oxygen atoms in total. The fourth-order valence-electron chi connectivity index (χ4n) is 2.06. The molecular weight excluding hydrogens is 290 g/mol. The molecule has 0 radical (unpaired) electrons. The fraction of sp³-hybridized carbons (Fsp3) is 0.333. The van der Waals surface area contributed by atoms with Gasteiger partial charge in [-0.3, -0.25) is 14.5 Å². The minimum absolute atomic E-state index is 0.0514. The van der Waals surface area contributed by atoms with E-state index in [0.29, 0.717) is 6.54 Å². The van der Waals surface area contributed by atoms with Gasteiger partial charge in [-0.1, -0.05) is 18.2 Å². The summed E-state index contributed by atoms with van der Waals surface area (Å²) < 4.78 is 10.5. The lowest BCUT2D eigenvalue weighted by Gasteiger charge is -2.19. The number of carbonyl (C=O) groups is 2. The van der Waals surface area contributed by atoms with E-state index >= 15 is 0 Å². The van der Waals surface area contributed by atoms with Crippen molar-refractivity contribution < 1.29 is 19.1 Å². The number of rotatable bonds is 6. The zero-order chi connectivity index (χ0) is 15.2. The molecule has 0 saturated heterocycles. The molecule has 1 heterocycles. The van der Waals surface area contributed by atoms with Gasteiger partial charge < -0.3 is 9.47 Å². The first-order valence-electron chi connectivity index (χ1n) is 6.45. The average molecular weight is 307 g/mol. The number of nitrogens with zero attached hydrogens (tertiary/aromatic N) is 1. The second-order valence-corrected chi connectivity index (χ2v) is 5.47. The Labute approximate surface area is 127 Å². The van der Waals surface area contributed by atoms with Crippen molar-refractivity contribution in [3.05, 3.63) is 35.2 Å². The van der Waals surface area contributed by atoms with E-state index in [4.69, 9.17) is 0 Å². The van der Waals surface area contributed by atoms with Crippen molar-refractivity contribution in [3.63, 3.8) is 0 Å². The number of carbonyl (C=O) groups excluding carboxylic acids is 2. The quantitative estimate of drug-likeness (QED) is 0.765. The summed E-state index contributed by atoms with van der Waals surface area (Å²) in [6.07, 6.45) is 0. The lowest BCUT2D eigenvalue weighted by atomic mass is 10.1. The summed E-state index contributed by atoms with van der Waals surface area (Å²) in [5.41, 5.74) is 1.09. The van der Waals surface area contributed by atoms with Crippen LogP contribution in [0.3, 0.4) is 0 Å². The highest BCUT2D eigenvalue weighted by molar-refractivity contribution is 7.17. The minimum atomic E-state index is -0.376. The molecule has 21 heavy (non-hydrogen) atoms. The van der Waals surface area contributed by atoms with E-state index < -0.39 is 0 Å². The Morgan fingerprint density at radius 1 is 1.10 bits per heavy atom. The van der Waals surface area contributed by atoms with Gasteiger partial charge >= 0.3 is 11.9 Å². The van der Waals surface area contributed by atoms with Crippen molar-refractivity contribution in [2.45, 2.75) is 6.54 Å². The third-order valence-corrected chi connectivity index (χ3v) is 4.13. The molecule has 0 spiro atoms. The van der Waals surface area contributed by atoms with Gasteiger partial charge in [0.05, 0.1) is 27.3 Å². The first-order valence-corrected chi connectivity index (χ1v) is 7.33. The number of hydrogen-bond donors (Lipinski definition) is 0. The van der Waals surface area contributed by atoms with Crippen LogP contribution in [-0.2, 0) is 25.6 Å². The maximum Gasteiger partial charge on any atom is 0.319 e. The average Bonchev–Trinajstić information content (AvgIpc) is 2.90. The Hall–Kier alpha value is -1.92. The number of benzene rings is 1. The SMILES string of the molecule is COC(=O)CN(CC(=O)OC)Cc1csc2ccccc12. The molecule has 2 rings (SSSR count). The predicted octanol–water partition coefficient (Wildman–Crippen LogP) is 2.05. The topological polar surface area (TPSA) is 55.8 Å². The van der Waals surface area contributed by atoms with Crippen LogP contribution in [-0.4, -0.2) is 44.1 Å². The fourth-order valence-corrected chi connectivity index (χ4v) is 3.01. The molecule has 1 aromatic carbocycles. The van der Waals surface area contributed by atoms with Crippen molar-refractivity contribution in [1.82, 2.24) is 4.90 Å². The summed E-state index contributed by atoms with van der Waals surface area (Å²) in [7, 11) is 2.66. The Bertz CT molecular complexity index is 619. The Kier molecular flexibility index (Phi) is 5.30. The highest BCUT2D eigenvalue weighted by Crippen LogP contribution is 2.26. The number of thiophene rings is 1. The van der Waals surface area contributed by atoms with E-state index in [1.54, 1.807) is 16.2 Å². The van der Waals surface area contributed by atoms with Gasteiger partial charge in [0.15, 0.2) is 0 Å². The second kappa shape index (κ2) is 7.19. The highest BCUT2D eigenvalue weighted by Gasteiger charge is 2.17. The van der Waals surface area contributed by atoms with Crippen molar-refractivity contribution in [2.24, 2.45) is 0 Å². The summed E-state index contributed by atoms with van der Waals surface area (Å²) >= 11 is 1.65. The Morgan fingerprint density at radius 3 is 2.33 bits per heavy atom. The molecule has 0 atom stereocenters. The van der Waals surface area contributed by atoms with Gasteiger partial charge in [-0.15, -0.1) is 11.3 Å². The molecule has 0 fully saturated rings.